The molecule has 1 aromatic rings. The molecule has 0 saturated carbocycles. The van der Waals surface area contributed by atoms with Gasteiger partial charge < -0.3 is 0 Å². The van der Waals surface area contributed by atoms with E-state index in [4.69, 9.17) is 10.7 Å². The Kier molecular flexibility index (Phi) is 3.86. The van der Waals surface area contributed by atoms with E-state index in [-0.39, 0.29) is 5.75 Å². The second-order valence-corrected chi connectivity index (χ2v) is 6.61. The number of aryl methyl sites for hydroxylation is 1. The molecule has 0 fully saturated rings. The van der Waals surface area contributed by atoms with Crippen LogP contribution in [0.4, 0.5) is 0 Å². The molecule has 14 heavy (non-hydrogen) atoms. The van der Waals surface area contributed by atoms with Crippen molar-refractivity contribution >= 4 is 31.5 Å². The molecule has 1 aromatic carbocycles. The number of halogens is 1. The van der Waals surface area contributed by atoms with Crippen LogP contribution in [0.2, 0.25) is 0 Å². The van der Waals surface area contributed by atoms with Gasteiger partial charge in [0.1, 0.15) is 0 Å². The molecular formula is C9H11ClO2S2. The molecule has 0 aliphatic carbocycles. The van der Waals surface area contributed by atoms with Crippen LogP contribution in [0.5, 0.6) is 0 Å². The van der Waals surface area contributed by atoms with Crippen LogP contribution in [-0.2, 0) is 14.8 Å². The lowest BCUT2D eigenvalue weighted by Gasteiger charge is -2.04. The number of benzene rings is 1. The molecule has 0 unspecified atom stereocenters. The molecule has 0 saturated heterocycles. The third-order valence-corrected chi connectivity index (χ3v) is 3.70. The van der Waals surface area contributed by atoms with E-state index in [0.717, 1.165) is 16.0 Å². The number of hydrogen-bond acceptors (Lipinski definition) is 3. The van der Waals surface area contributed by atoms with Crippen LogP contribution >= 0.6 is 22.4 Å². The highest BCUT2D eigenvalue weighted by Gasteiger charge is 2.07. The Morgan fingerprint density at radius 3 is 2.50 bits per heavy atom. The summed E-state index contributed by atoms with van der Waals surface area (Å²) in [7, 11) is 1.71. The number of hydrogen-bond donors (Lipinski definition) is 0. The number of thioether (sulfide) groups is 1. The molecule has 0 aliphatic heterocycles. The van der Waals surface area contributed by atoms with Crippen LogP contribution in [-0.4, -0.2) is 14.7 Å². The Hall–Kier alpha value is -0.190. The molecule has 0 spiro atoms. The predicted octanol–water partition coefficient (Wildman–Crippen LogP) is 2.79. The minimum Gasteiger partial charge on any atom is -0.212 e. The van der Waals surface area contributed by atoms with Crippen molar-refractivity contribution in [2.24, 2.45) is 0 Å². The van der Waals surface area contributed by atoms with Gasteiger partial charge in [-0.15, -0.1) is 11.8 Å². The lowest BCUT2D eigenvalue weighted by Crippen LogP contribution is -1.95. The van der Waals surface area contributed by atoms with E-state index < -0.39 is 9.05 Å². The average molecular weight is 251 g/mol. The minimum atomic E-state index is -3.45. The largest absolute Gasteiger partial charge is 0.236 e. The van der Waals surface area contributed by atoms with E-state index in [0.29, 0.717) is 0 Å². The monoisotopic (exact) mass is 250 g/mol. The molecule has 0 aliphatic rings. The Morgan fingerprint density at radius 1 is 1.43 bits per heavy atom. The highest BCUT2D eigenvalue weighted by atomic mass is 35.7. The van der Waals surface area contributed by atoms with Gasteiger partial charge in [-0.1, -0.05) is 12.1 Å². The molecule has 0 amide bonds. The summed E-state index contributed by atoms with van der Waals surface area (Å²) in [5.41, 5.74) is 1.81. The van der Waals surface area contributed by atoms with Crippen molar-refractivity contribution in [3.8, 4) is 0 Å². The van der Waals surface area contributed by atoms with Crippen LogP contribution in [0.3, 0.4) is 0 Å². The molecule has 5 heteroatoms. The first-order chi connectivity index (χ1) is 6.42. The zero-order valence-corrected chi connectivity index (χ0v) is 10.3. The van der Waals surface area contributed by atoms with Gasteiger partial charge >= 0.3 is 0 Å². The Labute approximate surface area is 93.1 Å². The number of rotatable bonds is 3. The molecular weight excluding hydrogens is 240 g/mol. The van der Waals surface area contributed by atoms with Gasteiger partial charge in [0.2, 0.25) is 9.05 Å². The normalized spacial score (nSPS) is 11.6. The van der Waals surface area contributed by atoms with Crippen molar-refractivity contribution in [3.63, 3.8) is 0 Å². The van der Waals surface area contributed by atoms with Crippen LogP contribution in [0.25, 0.3) is 0 Å². The van der Waals surface area contributed by atoms with E-state index in [2.05, 4.69) is 0 Å². The summed E-state index contributed by atoms with van der Waals surface area (Å²) < 4.78 is 21.7. The summed E-state index contributed by atoms with van der Waals surface area (Å²) in [6.45, 7) is 1.95. The standard InChI is InChI=1S/C9H11ClO2S2/c1-7-5-8(6-14(10,11)12)3-4-9(7)13-2/h3-5H,6H2,1-2H3. The third kappa shape index (κ3) is 3.52. The Balaban J connectivity index is 2.98. The first-order valence-electron chi connectivity index (χ1n) is 3.98. The summed E-state index contributed by atoms with van der Waals surface area (Å²) in [5.74, 6) is -0.107. The van der Waals surface area contributed by atoms with Gasteiger partial charge in [0.25, 0.3) is 0 Å². The van der Waals surface area contributed by atoms with Gasteiger partial charge in [0.05, 0.1) is 5.75 Å². The maximum absolute atomic E-state index is 10.8. The van der Waals surface area contributed by atoms with Crippen molar-refractivity contribution in [1.29, 1.82) is 0 Å². The minimum absolute atomic E-state index is 0.107. The van der Waals surface area contributed by atoms with Crippen LogP contribution in [0.1, 0.15) is 11.1 Å². The zero-order valence-electron chi connectivity index (χ0n) is 7.95. The van der Waals surface area contributed by atoms with Crippen LogP contribution < -0.4 is 0 Å². The van der Waals surface area contributed by atoms with Crippen molar-refractivity contribution in [1.82, 2.24) is 0 Å². The SMILES string of the molecule is CSc1ccc(CS(=O)(=O)Cl)cc1C. The van der Waals surface area contributed by atoms with Gasteiger partial charge in [-0.2, -0.15) is 0 Å². The molecule has 0 radical (unpaired) electrons. The summed E-state index contributed by atoms with van der Waals surface area (Å²) in [4.78, 5) is 1.15. The first kappa shape index (κ1) is 11.9. The first-order valence-corrected chi connectivity index (χ1v) is 7.68. The summed E-state index contributed by atoms with van der Waals surface area (Å²) >= 11 is 1.64. The molecule has 1 rings (SSSR count). The summed E-state index contributed by atoms with van der Waals surface area (Å²) in [6, 6.07) is 5.56. The maximum Gasteiger partial charge on any atom is 0.236 e. The van der Waals surface area contributed by atoms with Crippen LogP contribution in [0.15, 0.2) is 23.1 Å². The fraction of sp³-hybridized carbons (Fsp3) is 0.333. The lowest BCUT2D eigenvalue weighted by atomic mass is 10.2. The van der Waals surface area contributed by atoms with E-state index >= 15 is 0 Å². The highest BCUT2D eigenvalue weighted by molar-refractivity contribution is 8.13. The lowest BCUT2D eigenvalue weighted by molar-refractivity contribution is 0.609. The van der Waals surface area contributed by atoms with Crippen molar-refractivity contribution in [2.75, 3.05) is 6.26 Å². The maximum atomic E-state index is 10.8. The van der Waals surface area contributed by atoms with Crippen molar-refractivity contribution < 1.29 is 8.42 Å². The summed E-state index contributed by atoms with van der Waals surface area (Å²) in [5, 5.41) is 0. The summed E-state index contributed by atoms with van der Waals surface area (Å²) in [6.07, 6.45) is 1.99. The second-order valence-electron chi connectivity index (χ2n) is 2.99. The second kappa shape index (κ2) is 4.55. The fourth-order valence-electron chi connectivity index (χ4n) is 1.23. The van der Waals surface area contributed by atoms with Crippen molar-refractivity contribution in [3.05, 3.63) is 29.3 Å². The highest BCUT2D eigenvalue weighted by Crippen LogP contribution is 2.22. The van der Waals surface area contributed by atoms with Gasteiger partial charge in [-0.25, -0.2) is 8.42 Å². The molecule has 0 atom stereocenters. The Morgan fingerprint density at radius 2 is 2.07 bits per heavy atom. The molecule has 2 nitrogen and oxygen atoms in total. The quantitative estimate of drug-likeness (QED) is 0.611. The van der Waals surface area contributed by atoms with Crippen LogP contribution in [0, 0.1) is 6.92 Å². The van der Waals surface area contributed by atoms with Gasteiger partial charge in [-0.3, -0.25) is 0 Å². The zero-order chi connectivity index (χ0) is 10.8. The molecule has 0 bridgehead atoms. The molecule has 0 heterocycles. The molecule has 78 valence electrons. The van der Waals surface area contributed by atoms with Gasteiger partial charge in [0.15, 0.2) is 0 Å². The van der Waals surface area contributed by atoms with Gasteiger partial charge in [-0.05, 0) is 30.4 Å². The van der Waals surface area contributed by atoms with Crippen molar-refractivity contribution in [2.45, 2.75) is 17.6 Å². The molecule has 0 N–H and O–H groups in total. The third-order valence-electron chi connectivity index (χ3n) is 1.80. The Bertz CT molecular complexity index is 426. The van der Waals surface area contributed by atoms with E-state index in [1.165, 1.54) is 0 Å². The van der Waals surface area contributed by atoms with E-state index in [1.807, 2.05) is 25.3 Å². The topological polar surface area (TPSA) is 34.1 Å². The van der Waals surface area contributed by atoms with E-state index in [1.54, 1.807) is 17.8 Å². The smallest absolute Gasteiger partial charge is 0.212 e. The van der Waals surface area contributed by atoms with E-state index in [9.17, 15) is 8.42 Å². The fourth-order valence-corrected chi connectivity index (χ4v) is 2.77. The molecule has 0 aromatic heterocycles. The average Bonchev–Trinajstić information content (AvgIpc) is 2.01. The van der Waals surface area contributed by atoms with Gasteiger partial charge in [0, 0.05) is 15.6 Å². The predicted molar refractivity (Wildman–Crippen MR) is 61.4 cm³/mol.